The molecule has 43 heavy (non-hydrogen) atoms. The Balaban J connectivity index is 1.43. The topological polar surface area (TPSA) is 92.4 Å². The molecule has 1 aliphatic heterocycles. The Morgan fingerprint density at radius 1 is 0.977 bits per heavy atom. The van der Waals surface area contributed by atoms with Gasteiger partial charge in [0.2, 0.25) is 0 Å². The predicted molar refractivity (Wildman–Crippen MR) is 169 cm³/mol. The molecule has 1 heterocycles. The fourth-order valence-electron chi connectivity index (χ4n) is 5.84. The number of benzene rings is 2. The largest absolute Gasteiger partial charge is 0.493 e. The van der Waals surface area contributed by atoms with Crippen molar-refractivity contribution in [3.05, 3.63) is 59.7 Å². The molecular formula is C34H50N4O5. The van der Waals surface area contributed by atoms with Crippen molar-refractivity contribution in [2.24, 2.45) is 11.8 Å². The van der Waals surface area contributed by atoms with E-state index in [1.165, 1.54) is 0 Å². The van der Waals surface area contributed by atoms with Crippen LogP contribution in [-0.4, -0.2) is 87.4 Å². The first-order chi connectivity index (χ1) is 20.9. The highest BCUT2D eigenvalue weighted by atomic mass is 16.5. The first-order valence-corrected chi connectivity index (χ1v) is 15.8. The standard InChI is InChI=1S/C34H50N4O5/c1-6-30(25-11-8-7-9-12-25)36-34(40)38(29-14-15-29)23-28-21-35-20-27(28)22-37(24(2)3)33(39)26-13-16-31(42-5)32(19-26)43-18-10-17-41-4/h7-9,11-13,16,19,24,27-30,35H,6,10,14-15,17-18,20-23H2,1-5H3,(H,36,40). The van der Waals surface area contributed by atoms with E-state index in [9.17, 15) is 9.59 Å². The van der Waals surface area contributed by atoms with E-state index in [4.69, 9.17) is 14.2 Å². The molecular weight excluding hydrogens is 544 g/mol. The average molecular weight is 595 g/mol. The van der Waals surface area contributed by atoms with E-state index in [2.05, 4.69) is 48.4 Å². The van der Waals surface area contributed by atoms with Crippen molar-refractivity contribution in [2.45, 2.75) is 64.6 Å². The summed E-state index contributed by atoms with van der Waals surface area (Å²) < 4.78 is 16.5. The van der Waals surface area contributed by atoms with Gasteiger partial charge < -0.3 is 34.6 Å². The van der Waals surface area contributed by atoms with Crippen LogP contribution in [0, 0.1) is 11.8 Å². The number of hydrogen-bond acceptors (Lipinski definition) is 6. The zero-order valence-corrected chi connectivity index (χ0v) is 26.5. The van der Waals surface area contributed by atoms with Gasteiger partial charge in [0.25, 0.3) is 5.91 Å². The number of ether oxygens (including phenoxy) is 3. The highest BCUT2D eigenvalue weighted by Gasteiger charge is 2.39. The van der Waals surface area contributed by atoms with Crippen LogP contribution in [0.15, 0.2) is 48.5 Å². The maximum atomic E-state index is 13.9. The Hall–Kier alpha value is -3.30. The third kappa shape index (κ3) is 8.86. The van der Waals surface area contributed by atoms with Crippen LogP contribution in [0.3, 0.4) is 0 Å². The van der Waals surface area contributed by atoms with Crippen LogP contribution >= 0.6 is 0 Å². The summed E-state index contributed by atoms with van der Waals surface area (Å²) in [6, 6.07) is 15.9. The van der Waals surface area contributed by atoms with Gasteiger partial charge in [0.05, 0.1) is 19.8 Å². The van der Waals surface area contributed by atoms with E-state index < -0.39 is 0 Å². The van der Waals surface area contributed by atoms with Gasteiger partial charge in [-0.1, -0.05) is 37.3 Å². The summed E-state index contributed by atoms with van der Waals surface area (Å²) in [7, 11) is 3.26. The van der Waals surface area contributed by atoms with Crippen molar-refractivity contribution in [3.8, 4) is 11.5 Å². The smallest absolute Gasteiger partial charge is 0.318 e. The third-order valence-electron chi connectivity index (χ3n) is 8.54. The molecule has 2 aromatic carbocycles. The number of carbonyl (C=O) groups is 2. The van der Waals surface area contributed by atoms with E-state index in [1.807, 2.05) is 23.1 Å². The zero-order chi connectivity index (χ0) is 30.8. The molecule has 1 saturated heterocycles. The number of urea groups is 1. The van der Waals surface area contributed by atoms with Gasteiger partial charge in [-0.25, -0.2) is 4.79 Å². The molecule has 9 heteroatoms. The van der Waals surface area contributed by atoms with E-state index in [-0.39, 0.29) is 35.9 Å². The lowest BCUT2D eigenvalue weighted by atomic mass is 9.94. The molecule has 4 rings (SSSR count). The molecule has 2 fully saturated rings. The predicted octanol–water partition coefficient (Wildman–Crippen LogP) is 5.12. The molecule has 2 aromatic rings. The fourth-order valence-corrected chi connectivity index (χ4v) is 5.84. The van der Waals surface area contributed by atoms with E-state index in [1.54, 1.807) is 32.4 Å². The number of rotatable bonds is 16. The number of hydrogen-bond donors (Lipinski definition) is 2. The lowest BCUT2D eigenvalue weighted by molar-refractivity contribution is 0.0652. The Kier molecular flexibility index (Phi) is 12.1. The van der Waals surface area contributed by atoms with Gasteiger partial charge in [-0.15, -0.1) is 0 Å². The van der Waals surface area contributed by atoms with Gasteiger partial charge in [-0.05, 0) is 68.7 Å². The molecule has 1 aliphatic carbocycles. The van der Waals surface area contributed by atoms with Gasteiger partial charge in [0.15, 0.2) is 11.5 Å². The minimum atomic E-state index is -0.0320. The molecule has 0 bridgehead atoms. The molecule has 2 aliphatic rings. The summed E-state index contributed by atoms with van der Waals surface area (Å²) in [6.45, 7) is 10.2. The second-order valence-corrected chi connectivity index (χ2v) is 12.0. The Bertz CT molecular complexity index is 1170. The van der Waals surface area contributed by atoms with Crippen molar-refractivity contribution in [1.82, 2.24) is 20.4 Å². The second kappa shape index (κ2) is 16.0. The molecule has 0 spiro atoms. The molecule has 1 saturated carbocycles. The third-order valence-corrected chi connectivity index (χ3v) is 8.54. The summed E-state index contributed by atoms with van der Waals surface area (Å²) in [5.74, 6) is 1.62. The molecule has 236 valence electrons. The van der Waals surface area contributed by atoms with Crippen LogP contribution in [0.4, 0.5) is 4.79 Å². The Morgan fingerprint density at radius 2 is 1.70 bits per heavy atom. The lowest BCUT2D eigenvalue weighted by Gasteiger charge is -2.34. The van der Waals surface area contributed by atoms with Gasteiger partial charge in [-0.2, -0.15) is 0 Å². The van der Waals surface area contributed by atoms with Crippen LogP contribution < -0.4 is 20.1 Å². The first-order valence-electron chi connectivity index (χ1n) is 15.8. The SMILES string of the molecule is CCC(NC(=O)N(CC1CNCC1CN(C(=O)c1ccc(OC)c(OCCCOC)c1)C(C)C)C1CC1)c1ccccc1. The molecule has 9 nitrogen and oxygen atoms in total. The molecule has 0 aromatic heterocycles. The Labute approximate surface area is 257 Å². The van der Waals surface area contributed by atoms with Crippen LogP contribution in [0.2, 0.25) is 0 Å². The van der Waals surface area contributed by atoms with Crippen molar-refractivity contribution >= 4 is 11.9 Å². The van der Waals surface area contributed by atoms with Crippen LogP contribution in [0.25, 0.3) is 0 Å². The molecule has 3 amide bonds. The fraction of sp³-hybridized carbons (Fsp3) is 0.588. The van der Waals surface area contributed by atoms with Crippen molar-refractivity contribution < 1.29 is 23.8 Å². The number of nitrogens with zero attached hydrogens (tertiary/aromatic N) is 2. The average Bonchev–Trinajstić information content (AvgIpc) is 3.77. The van der Waals surface area contributed by atoms with Crippen molar-refractivity contribution in [3.63, 3.8) is 0 Å². The lowest BCUT2D eigenvalue weighted by Crippen LogP contribution is -2.48. The van der Waals surface area contributed by atoms with Crippen LogP contribution in [-0.2, 0) is 4.74 Å². The number of amides is 3. The van der Waals surface area contributed by atoms with E-state index in [0.29, 0.717) is 49.4 Å². The summed E-state index contributed by atoms with van der Waals surface area (Å²) in [6.07, 6.45) is 3.67. The molecule has 0 radical (unpaired) electrons. The van der Waals surface area contributed by atoms with Crippen molar-refractivity contribution in [2.75, 3.05) is 53.6 Å². The molecule has 3 unspecified atom stereocenters. The van der Waals surface area contributed by atoms with E-state index in [0.717, 1.165) is 44.3 Å². The summed E-state index contributed by atoms with van der Waals surface area (Å²) in [4.78, 5) is 31.4. The van der Waals surface area contributed by atoms with E-state index >= 15 is 0 Å². The number of carbonyl (C=O) groups excluding carboxylic acids is 2. The summed E-state index contributed by atoms with van der Waals surface area (Å²) in [5, 5.41) is 6.84. The quantitative estimate of drug-likeness (QED) is 0.262. The van der Waals surface area contributed by atoms with Gasteiger partial charge in [-0.3, -0.25) is 4.79 Å². The Morgan fingerprint density at radius 3 is 2.33 bits per heavy atom. The number of nitrogens with one attached hydrogen (secondary N) is 2. The summed E-state index contributed by atoms with van der Waals surface area (Å²) >= 11 is 0. The van der Waals surface area contributed by atoms with Gasteiger partial charge in [0.1, 0.15) is 0 Å². The normalized spacial score (nSPS) is 18.7. The molecule has 2 N–H and O–H groups in total. The zero-order valence-electron chi connectivity index (χ0n) is 26.5. The first kappa shape index (κ1) is 32.6. The molecule has 3 atom stereocenters. The van der Waals surface area contributed by atoms with Gasteiger partial charge >= 0.3 is 6.03 Å². The number of methoxy groups -OCH3 is 2. The maximum absolute atomic E-state index is 13.9. The van der Waals surface area contributed by atoms with Crippen LogP contribution in [0.1, 0.15) is 68.4 Å². The highest BCUT2D eigenvalue weighted by Crippen LogP contribution is 2.32. The maximum Gasteiger partial charge on any atom is 0.318 e. The highest BCUT2D eigenvalue weighted by molar-refractivity contribution is 5.95. The minimum Gasteiger partial charge on any atom is -0.493 e. The monoisotopic (exact) mass is 594 g/mol. The van der Waals surface area contributed by atoms with Gasteiger partial charge in [0, 0.05) is 64.0 Å². The minimum absolute atomic E-state index is 0.0110. The summed E-state index contributed by atoms with van der Waals surface area (Å²) in [5.41, 5.74) is 1.70. The second-order valence-electron chi connectivity index (χ2n) is 12.0. The van der Waals surface area contributed by atoms with Crippen LogP contribution in [0.5, 0.6) is 11.5 Å². The van der Waals surface area contributed by atoms with Crippen molar-refractivity contribution in [1.29, 1.82) is 0 Å².